The van der Waals surface area contributed by atoms with Gasteiger partial charge in [0.25, 0.3) is 0 Å². The van der Waals surface area contributed by atoms with Crippen LogP contribution < -0.4 is 5.32 Å². The van der Waals surface area contributed by atoms with Crippen LogP contribution in [-0.2, 0) is 0 Å². The highest BCUT2D eigenvalue weighted by atomic mass is 16.3. The number of nitrogens with zero attached hydrogens (tertiary/aromatic N) is 1. The van der Waals surface area contributed by atoms with Crippen LogP contribution in [0.15, 0.2) is 0 Å². The van der Waals surface area contributed by atoms with E-state index in [0.29, 0.717) is 17.5 Å². The van der Waals surface area contributed by atoms with Gasteiger partial charge in [-0.05, 0) is 44.8 Å². The normalized spacial score (nSPS) is 26.7. The van der Waals surface area contributed by atoms with Crippen LogP contribution in [0.3, 0.4) is 0 Å². The van der Waals surface area contributed by atoms with E-state index in [1.54, 1.807) is 0 Å². The van der Waals surface area contributed by atoms with Crippen molar-refractivity contribution in [3.63, 3.8) is 0 Å². The molecule has 3 atom stereocenters. The van der Waals surface area contributed by atoms with Gasteiger partial charge in [0.1, 0.15) is 0 Å². The van der Waals surface area contributed by atoms with Crippen LogP contribution in [0.5, 0.6) is 0 Å². The summed E-state index contributed by atoms with van der Waals surface area (Å²) in [7, 11) is 2.17. The second kappa shape index (κ2) is 7.61. The molecule has 0 aromatic rings. The first kappa shape index (κ1) is 16.9. The lowest BCUT2D eigenvalue weighted by Gasteiger charge is -2.38. The van der Waals surface area contributed by atoms with Gasteiger partial charge in [0.05, 0.1) is 6.10 Å². The van der Waals surface area contributed by atoms with E-state index in [1.165, 1.54) is 12.8 Å². The summed E-state index contributed by atoms with van der Waals surface area (Å²) in [6.07, 6.45) is 5.61. The lowest BCUT2D eigenvalue weighted by Crippen LogP contribution is -2.47. The highest BCUT2D eigenvalue weighted by Gasteiger charge is 2.28. The third-order valence-corrected chi connectivity index (χ3v) is 4.53. The molecule has 0 spiro atoms. The van der Waals surface area contributed by atoms with Crippen LogP contribution in [0.1, 0.15) is 59.8 Å². The van der Waals surface area contributed by atoms with E-state index in [4.69, 9.17) is 0 Å². The van der Waals surface area contributed by atoms with Gasteiger partial charge in [-0.15, -0.1) is 0 Å². The third-order valence-electron chi connectivity index (χ3n) is 4.53. The van der Waals surface area contributed by atoms with Crippen LogP contribution in [0, 0.1) is 5.41 Å². The highest BCUT2D eigenvalue weighted by Crippen LogP contribution is 2.25. The number of aliphatic hydroxyl groups is 1. The van der Waals surface area contributed by atoms with Gasteiger partial charge in [-0.2, -0.15) is 0 Å². The minimum Gasteiger partial charge on any atom is -0.391 e. The Morgan fingerprint density at radius 1 is 1.26 bits per heavy atom. The molecule has 3 unspecified atom stereocenters. The zero-order chi connectivity index (χ0) is 14.5. The Hall–Kier alpha value is -0.120. The molecular formula is C16H34N2O. The molecule has 0 heterocycles. The first-order valence-corrected chi connectivity index (χ1v) is 7.98. The van der Waals surface area contributed by atoms with Crippen LogP contribution in [0.25, 0.3) is 0 Å². The van der Waals surface area contributed by atoms with Crippen LogP contribution in [0.2, 0.25) is 0 Å². The molecule has 0 bridgehead atoms. The number of hydrogen-bond donors (Lipinski definition) is 2. The Bertz CT molecular complexity index is 250. The summed E-state index contributed by atoms with van der Waals surface area (Å²) in [4.78, 5) is 2.37. The molecule has 0 aliphatic heterocycles. The van der Waals surface area contributed by atoms with Crippen molar-refractivity contribution in [3.05, 3.63) is 0 Å². The topological polar surface area (TPSA) is 35.5 Å². The Morgan fingerprint density at radius 3 is 2.42 bits per heavy atom. The lowest BCUT2D eigenvalue weighted by atomic mass is 9.84. The first-order valence-electron chi connectivity index (χ1n) is 7.98. The molecular weight excluding hydrogens is 236 g/mol. The summed E-state index contributed by atoms with van der Waals surface area (Å²) < 4.78 is 0. The van der Waals surface area contributed by atoms with Crippen molar-refractivity contribution in [1.29, 1.82) is 0 Å². The van der Waals surface area contributed by atoms with Crippen molar-refractivity contribution in [1.82, 2.24) is 10.2 Å². The summed E-state index contributed by atoms with van der Waals surface area (Å²) in [5, 5.41) is 13.7. The largest absolute Gasteiger partial charge is 0.391 e. The lowest BCUT2D eigenvalue weighted by molar-refractivity contribution is 0.0289. The molecule has 1 rings (SSSR count). The average Bonchev–Trinajstić information content (AvgIpc) is 2.33. The molecule has 114 valence electrons. The molecule has 19 heavy (non-hydrogen) atoms. The zero-order valence-corrected chi connectivity index (χ0v) is 13.6. The predicted octanol–water partition coefficient (Wildman–Crippen LogP) is 2.64. The second-order valence-electron chi connectivity index (χ2n) is 7.16. The van der Waals surface area contributed by atoms with Gasteiger partial charge in [-0.3, -0.25) is 0 Å². The van der Waals surface area contributed by atoms with E-state index in [1.807, 2.05) is 0 Å². The molecule has 3 heteroatoms. The molecule has 1 aliphatic rings. The summed E-state index contributed by atoms with van der Waals surface area (Å²) in [5.74, 6) is 0. The maximum atomic E-state index is 10.1. The fourth-order valence-corrected chi connectivity index (χ4v) is 3.19. The SMILES string of the molecule is CCNC(CCN(C)C1CCCCC1O)C(C)(C)C. The van der Waals surface area contributed by atoms with Crippen molar-refractivity contribution >= 4 is 0 Å². The molecule has 0 amide bonds. The van der Waals surface area contributed by atoms with Gasteiger partial charge in [-0.25, -0.2) is 0 Å². The molecule has 1 saturated carbocycles. The van der Waals surface area contributed by atoms with E-state index >= 15 is 0 Å². The van der Waals surface area contributed by atoms with Crippen LogP contribution in [0.4, 0.5) is 0 Å². The van der Waals surface area contributed by atoms with E-state index < -0.39 is 0 Å². The molecule has 1 fully saturated rings. The fraction of sp³-hybridized carbons (Fsp3) is 1.00. The maximum absolute atomic E-state index is 10.1. The Labute approximate surface area is 119 Å². The minimum absolute atomic E-state index is 0.119. The van der Waals surface area contributed by atoms with Crippen molar-refractivity contribution in [2.45, 2.75) is 78.0 Å². The summed E-state index contributed by atoms with van der Waals surface area (Å²) in [5.41, 5.74) is 0.294. The molecule has 3 nitrogen and oxygen atoms in total. The van der Waals surface area contributed by atoms with Gasteiger partial charge >= 0.3 is 0 Å². The number of hydrogen-bond acceptors (Lipinski definition) is 3. The Morgan fingerprint density at radius 2 is 1.89 bits per heavy atom. The van der Waals surface area contributed by atoms with Crippen molar-refractivity contribution in [2.75, 3.05) is 20.1 Å². The molecule has 0 aromatic carbocycles. The van der Waals surface area contributed by atoms with Crippen molar-refractivity contribution < 1.29 is 5.11 Å². The second-order valence-corrected chi connectivity index (χ2v) is 7.16. The van der Waals surface area contributed by atoms with Gasteiger partial charge in [0.2, 0.25) is 0 Å². The predicted molar refractivity (Wildman–Crippen MR) is 82.4 cm³/mol. The molecule has 2 N–H and O–H groups in total. The quantitative estimate of drug-likeness (QED) is 0.779. The standard InChI is InChI=1S/C16H34N2O/c1-6-17-15(16(2,3)4)11-12-18(5)13-9-7-8-10-14(13)19/h13-15,17,19H,6-12H2,1-5H3. The van der Waals surface area contributed by atoms with Gasteiger partial charge in [0, 0.05) is 12.1 Å². The highest BCUT2D eigenvalue weighted by molar-refractivity contribution is 4.85. The zero-order valence-electron chi connectivity index (χ0n) is 13.6. The number of likely N-dealkylation sites (N-methyl/N-ethyl adjacent to an activating group) is 1. The number of nitrogens with one attached hydrogen (secondary N) is 1. The smallest absolute Gasteiger partial charge is 0.0695 e. The van der Waals surface area contributed by atoms with E-state index in [9.17, 15) is 5.11 Å². The van der Waals surface area contributed by atoms with Gasteiger partial charge in [-0.1, -0.05) is 40.5 Å². The Balaban J connectivity index is 2.44. The maximum Gasteiger partial charge on any atom is 0.0695 e. The molecule has 0 saturated heterocycles. The van der Waals surface area contributed by atoms with Crippen LogP contribution in [-0.4, -0.2) is 48.3 Å². The van der Waals surface area contributed by atoms with Gasteiger partial charge in [0.15, 0.2) is 0 Å². The molecule has 0 radical (unpaired) electrons. The third kappa shape index (κ3) is 5.41. The Kier molecular flexibility index (Phi) is 6.78. The van der Waals surface area contributed by atoms with Crippen molar-refractivity contribution in [3.8, 4) is 0 Å². The monoisotopic (exact) mass is 270 g/mol. The first-order chi connectivity index (χ1) is 8.86. The fourth-order valence-electron chi connectivity index (χ4n) is 3.19. The molecule has 0 aromatic heterocycles. The van der Waals surface area contributed by atoms with Gasteiger partial charge < -0.3 is 15.3 Å². The summed E-state index contributed by atoms with van der Waals surface area (Å²) >= 11 is 0. The van der Waals surface area contributed by atoms with E-state index in [2.05, 4.69) is 45.0 Å². The van der Waals surface area contributed by atoms with E-state index in [-0.39, 0.29) is 6.10 Å². The number of rotatable bonds is 6. The average molecular weight is 270 g/mol. The molecule has 1 aliphatic carbocycles. The van der Waals surface area contributed by atoms with Crippen LogP contribution >= 0.6 is 0 Å². The summed E-state index contributed by atoms with van der Waals surface area (Å²) in [6.45, 7) is 11.2. The van der Waals surface area contributed by atoms with E-state index in [0.717, 1.165) is 32.4 Å². The number of aliphatic hydroxyl groups excluding tert-OH is 1. The van der Waals surface area contributed by atoms with Crippen molar-refractivity contribution in [2.24, 2.45) is 5.41 Å². The minimum atomic E-state index is -0.119. The summed E-state index contributed by atoms with van der Waals surface area (Å²) in [6, 6.07) is 0.914.